The third-order valence-corrected chi connectivity index (χ3v) is 7.27. The number of aromatic nitrogens is 1. The molecule has 0 aliphatic heterocycles. The zero-order chi connectivity index (χ0) is 23.8. The predicted octanol–water partition coefficient (Wildman–Crippen LogP) is 4.81. The lowest BCUT2D eigenvalue weighted by molar-refractivity contribution is 0.399. The van der Waals surface area contributed by atoms with Crippen molar-refractivity contribution >= 4 is 20.9 Å². The topological polar surface area (TPSA) is 70.2 Å². The van der Waals surface area contributed by atoms with Gasteiger partial charge < -0.3 is 4.98 Å². The molecule has 33 heavy (non-hydrogen) atoms. The molecule has 0 amide bonds. The summed E-state index contributed by atoms with van der Waals surface area (Å²) in [5, 5.41) is 0.816. The number of H-pyrrole nitrogens is 1. The second-order valence-corrected chi connectivity index (χ2v) is 9.96. The van der Waals surface area contributed by atoms with Crippen LogP contribution in [0, 0.1) is 25.5 Å². The molecule has 1 heterocycles. The molecule has 4 aromatic rings. The summed E-state index contributed by atoms with van der Waals surface area (Å²) in [6, 6.07) is 15.5. The molecule has 0 spiro atoms. The quantitative estimate of drug-likeness (QED) is 0.441. The van der Waals surface area contributed by atoms with Crippen LogP contribution in [0.2, 0.25) is 0 Å². The Hall–Kier alpha value is -3.36. The summed E-state index contributed by atoms with van der Waals surface area (Å²) >= 11 is 0. The summed E-state index contributed by atoms with van der Waals surface area (Å²) in [6.45, 7) is 3.54. The molecule has 1 N–H and O–H groups in total. The molecule has 8 heteroatoms. The van der Waals surface area contributed by atoms with E-state index >= 15 is 0 Å². The van der Waals surface area contributed by atoms with Gasteiger partial charge in [-0.1, -0.05) is 18.2 Å². The monoisotopic (exact) mass is 468 g/mol. The molecular weight excluding hydrogens is 446 g/mol. The molecule has 5 nitrogen and oxygen atoms in total. The largest absolute Gasteiger partial charge is 0.322 e. The molecule has 1 aromatic heterocycles. The van der Waals surface area contributed by atoms with E-state index in [1.807, 2.05) is 26.0 Å². The zero-order valence-corrected chi connectivity index (χ0v) is 18.9. The van der Waals surface area contributed by atoms with Gasteiger partial charge in [-0.2, -0.15) is 4.31 Å². The highest BCUT2D eigenvalue weighted by atomic mass is 32.2. The van der Waals surface area contributed by atoms with E-state index in [0.717, 1.165) is 33.0 Å². The molecule has 0 bridgehead atoms. The number of halogens is 2. The van der Waals surface area contributed by atoms with Crippen molar-refractivity contribution in [1.29, 1.82) is 0 Å². The number of aryl methyl sites for hydroxylation is 2. The first-order valence-corrected chi connectivity index (χ1v) is 11.7. The fourth-order valence-corrected chi connectivity index (χ4v) is 5.20. The molecule has 4 rings (SSSR count). The van der Waals surface area contributed by atoms with Gasteiger partial charge in [0.1, 0.15) is 11.6 Å². The maximum Gasteiger partial charge on any atom is 0.252 e. The summed E-state index contributed by atoms with van der Waals surface area (Å²) in [4.78, 5) is 15.6. The fraction of sp³-hybridized carbons (Fsp3) is 0.160. The van der Waals surface area contributed by atoms with E-state index in [2.05, 4.69) is 4.98 Å². The second-order valence-electron chi connectivity index (χ2n) is 8.02. The Morgan fingerprint density at radius 1 is 0.848 bits per heavy atom. The van der Waals surface area contributed by atoms with Crippen LogP contribution in [0.25, 0.3) is 10.9 Å². The van der Waals surface area contributed by atoms with Crippen LogP contribution in [-0.4, -0.2) is 17.7 Å². The van der Waals surface area contributed by atoms with Gasteiger partial charge in [0, 0.05) is 29.6 Å². The first-order valence-electron chi connectivity index (χ1n) is 10.3. The lowest BCUT2D eigenvalue weighted by atomic mass is 10.0. The molecule has 170 valence electrons. The summed E-state index contributed by atoms with van der Waals surface area (Å²) < 4.78 is 54.7. The van der Waals surface area contributed by atoms with Gasteiger partial charge in [-0.25, -0.2) is 17.2 Å². The van der Waals surface area contributed by atoms with E-state index in [1.54, 1.807) is 6.07 Å². The summed E-state index contributed by atoms with van der Waals surface area (Å²) in [6.07, 6.45) is 0. The maximum absolute atomic E-state index is 13.4. The average molecular weight is 469 g/mol. The van der Waals surface area contributed by atoms with Crippen LogP contribution in [0.1, 0.15) is 22.3 Å². The van der Waals surface area contributed by atoms with E-state index in [1.165, 1.54) is 36.4 Å². The van der Waals surface area contributed by atoms with Crippen LogP contribution in [0.3, 0.4) is 0 Å². The fourth-order valence-electron chi connectivity index (χ4n) is 3.80. The van der Waals surface area contributed by atoms with E-state index in [9.17, 15) is 22.0 Å². The zero-order valence-electron chi connectivity index (χ0n) is 18.1. The number of benzene rings is 3. The standard InChI is InChI=1S/C25H22F2N2O3S/c1-16-11-17(2)23-13-19(25(30)28-24(23)12-16)15-29(14-18-3-5-20(26)6-4-18)33(31,32)22-9-7-21(27)8-10-22/h3-13H,14-15H2,1-2H3,(H,28,30). The Balaban J connectivity index is 1.79. The summed E-state index contributed by atoms with van der Waals surface area (Å²) in [7, 11) is -4.09. The Morgan fingerprint density at radius 2 is 1.45 bits per heavy atom. The minimum absolute atomic E-state index is 0.0929. The normalized spacial score (nSPS) is 11.9. The van der Waals surface area contributed by atoms with Crippen molar-refractivity contribution in [2.45, 2.75) is 31.8 Å². The van der Waals surface area contributed by atoms with Crippen LogP contribution in [0.4, 0.5) is 8.78 Å². The third kappa shape index (κ3) is 4.86. The van der Waals surface area contributed by atoms with E-state index in [0.29, 0.717) is 11.1 Å². The van der Waals surface area contributed by atoms with Gasteiger partial charge in [-0.15, -0.1) is 0 Å². The Morgan fingerprint density at radius 3 is 2.09 bits per heavy atom. The Labute approximate surface area is 190 Å². The minimum Gasteiger partial charge on any atom is -0.322 e. The molecule has 0 fully saturated rings. The number of pyridine rings is 1. The third-order valence-electron chi connectivity index (χ3n) is 5.46. The molecular formula is C25H22F2N2O3S. The first kappa shape index (κ1) is 22.8. The second kappa shape index (κ2) is 8.88. The predicted molar refractivity (Wildman–Crippen MR) is 123 cm³/mol. The molecule has 3 aromatic carbocycles. The van der Waals surface area contributed by atoms with Gasteiger partial charge in [0.25, 0.3) is 5.56 Å². The van der Waals surface area contributed by atoms with E-state index in [4.69, 9.17) is 0 Å². The molecule has 0 atom stereocenters. The number of aromatic amines is 1. The van der Waals surface area contributed by atoms with Crippen LogP contribution < -0.4 is 5.56 Å². The van der Waals surface area contributed by atoms with E-state index < -0.39 is 27.2 Å². The lowest BCUT2D eigenvalue weighted by Gasteiger charge is -2.22. The highest BCUT2D eigenvalue weighted by molar-refractivity contribution is 7.89. The van der Waals surface area contributed by atoms with Gasteiger partial charge >= 0.3 is 0 Å². The smallest absolute Gasteiger partial charge is 0.252 e. The first-order chi connectivity index (χ1) is 15.6. The minimum atomic E-state index is -4.09. The van der Waals surface area contributed by atoms with Crippen LogP contribution in [-0.2, 0) is 23.1 Å². The number of sulfonamides is 1. The highest BCUT2D eigenvalue weighted by Gasteiger charge is 2.26. The average Bonchev–Trinajstić information content (AvgIpc) is 2.75. The summed E-state index contributed by atoms with van der Waals surface area (Å²) in [5.41, 5.74) is 3.04. The number of rotatable bonds is 6. The van der Waals surface area contributed by atoms with Gasteiger partial charge in [-0.3, -0.25) is 4.79 Å². The summed E-state index contributed by atoms with van der Waals surface area (Å²) in [5.74, 6) is -1.00. The van der Waals surface area contributed by atoms with Crippen molar-refractivity contribution in [3.05, 3.63) is 111 Å². The Kier molecular flexibility index (Phi) is 6.14. The van der Waals surface area contributed by atoms with Crippen molar-refractivity contribution in [2.75, 3.05) is 0 Å². The Bertz CT molecular complexity index is 1480. The van der Waals surface area contributed by atoms with Gasteiger partial charge in [0.15, 0.2) is 0 Å². The van der Waals surface area contributed by atoms with Gasteiger partial charge in [-0.05, 0) is 79.1 Å². The van der Waals surface area contributed by atoms with Gasteiger partial charge in [0.05, 0.1) is 4.90 Å². The number of fused-ring (bicyclic) bond motifs is 1. The molecule has 0 saturated heterocycles. The van der Waals surface area contributed by atoms with Crippen LogP contribution >= 0.6 is 0 Å². The van der Waals surface area contributed by atoms with Crippen molar-refractivity contribution in [2.24, 2.45) is 0 Å². The van der Waals surface area contributed by atoms with Gasteiger partial charge in [0.2, 0.25) is 10.0 Å². The molecule has 0 aliphatic carbocycles. The number of hydrogen-bond donors (Lipinski definition) is 1. The van der Waals surface area contributed by atoms with Crippen molar-refractivity contribution in [1.82, 2.24) is 9.29 Å². The SMILES string of the molecule is Cc1cc(C)c2cc(CN(Cc3ccc(F)cc3)S(=O)(=O)c3ccc(F)cc3)c(=O)[nH]c2c1. The molecule has 0 aliphatic rings. The van der Waals surface area contributed by atoms with Crippen molar-refractivity contribution in [3.8, 4) is 0 Å². The van der Waals surface area contributed by atoms with Crippen LogP contribution in [0.5, 0.6) is 0 Å². The molecule has 0 saturated carbocycles. The van der Waals surface area contributed by atoms with Crippen molar-refractivity contribution < 1.29 is 17.2 Å². The van der Waals surface area contributed by atoms with Crippen LogP contribution in [0.15, 0.2) is 76.4 Å². The number of nitrogens with zero attached hydrogens (tertiary/aromatic N) is 1. The number of nitrogens with one attached hydrogen (secondary N) is 1. The number of hydrogen-bond acceptors (Lipinski definition) is 3. The highest BCUT2D eigenvalue weighted by Crippen LogP contribution is 2.23. The maximum atomic E-state index is 13.4. The van der Waals surface area contributed by atoms with Crippen molar-refractivity contribution in [3.63, 3.8) is 0 Å². The van der Waals surface area contributed by atoms with E-state index in [-0.39, 0.29) is 23.5 Å². The lowest BCUT2D eigenvalue weighted by Crippen LogP contribution is -2.32. The molecule has 0 radical (unpaired) electrons. The molecule has 0 unspecified atom stereocenters.